The molecule has 2 heterocycles. The highest BCUT2D eigenvalue weighted by Gasteiger charge is 2.47. The molecule has 1 unspecified atom stereocenters. The molecule has 0 radical (unpaired) electrons. The number of benzene rings is 1. The lowest BCUT2D eigenvalue weighted by Gasteiger charge is -2.33. The van der Waals surface area contributed by atoms with Crippen LogP contribution in [0.1, 0.15) is 37.8 Å². The second-order valence-electron chi connectivity index (χ2n) is 6.76. The molecule has 134 valence electrons. The second kappa shape index (κ2) is 6.30. The van der Waals surface area contributed by atoms with Gasteiger partial charge in [-0.05, 0) is 18.9 Å². The number of ether oxygens (including phenoxy) is 1. The highest BCUT2D eigenvalue weighted by molar-refractivity contribution is 7.83. The summed E-state index contributed by atoms with van der Waals surface area (Å²) in [5, 5.41) is 0.674. The maximum Gasteiger partial charge on any atom is 0.333 e. The molecule has 2 aliphatic heterocycles. The Bertz CT molecular complexity index is 761. The van der Waals surface area contributed by atoms with E-state index in [0.717, 1.165) is 31.5 Å². The molecule has 0 bridgehead atoms. The summed E-state index contributed by atoms with van der Waals surface area (Å²) < 4.78 is 38.9. The fourth-order valence-electron chi connectivity index (χ4n) is 3.56. The molecule has 0 spiro atoms. The van der Waals surface area contributed by atoms with Gasteiger partial charge in [-0.3, -0.25) is 9.45 Å². The van der Waals surface area contributed by atoms with Crippen LogP contribution >= 0.6 is 23.2 Å². The molecule has 1 fully saturated rings. The Labute approximate surface area is 151 Å². The number of nitrogens with one attached hydrogen (secondary N) is 1. The van der Waals surface area contributed by atoms with Gasteiger partial charge in [-0.15, -0.1) is 0 Å². The number of hydrogen-bond acceptors (Lipinski definition) is 4. The van der Waals surface area contributed by atoms with Gasteiger partial charge in [0.15, 0.2) is 6.23 Å². The second-order valence-corrected chi connectivity index (χ2v) is 8.78. The molecule has 3 rings (SSSR count). The van der Waals surface area contributed by atoms with Crippen LogP contribution in [0.15, 0.2) is 6.07 Å². The first-order valence-electron chi connectivity index (χ1n) is 7.75. The van der Waals surface area contributed by atoms with Crippen LogP contribution in [0.3, 0.4) is 0 Å². The molecule has 1 aromatic rings. The van der Waals surface area contributed by atoms with E-state index in [1.807, 2.05) is 4.72 Å². The van der Waals surface area contributed by atoms with E-state index in [9.17, 15) is 8.42 Å². The van der Waals surface area contributed by atoms with Crippen LogP contribution in [0.25, 0.3) is 0 Å². The molecule has 0 aromatic heterocycles. The van der Waals surface area contributed by atoms with E-state index in [1.54, 1.807) is 6.07 Å². The van der Waals surface area contributed by atoms with E-state index in [0.29, 0.717) is 21.4 Å². The van der Waals surface area contributed by atoms with E-state index >= 15 is 0 Å². The Morgan fingerprint density at radius 1 is 1.38 bits per heavy atom. The summed E-state index contributed by atoms with van der Waals surface area (Å²) in [5.74, 6) is 0.627. The smallest absolute Gasteiger partial charge is 0.333 e. The van der Waals surface area contributed by atoms with Crippen molar-refractivity contribution < 1.29 is 17.7 Å². The molecule has 24 heavy (non-hydrogen) atoms. The zero-order valence-electron chi connectivity index (χ0n) is 13.5. The first kappa shape index (κ1) is 18.2. The maximum atomic E-state index is 10.9. The molecule has 1 atom stereocenters. The average molecular weight is 395 g/mol. The molecule has 0 aliphatic carbocycles. The van der Waals surface area contributed by atoms with Crippen molar-refractivity contribution in [3.63, 3.8) is 0 Å². The summed E-state index contributed by atoms with van der Waals surface area (Å²) in [6, 6.07) is 1.67. The van der Waals surface area contributed by atoms with Gasteiger partial charge in [-0.25, -0.2) is 0 Å². The van der Waals surface area contributed by atoms with Crippen LogP contribution < -0.4 is 9.46 Å². The third-order valence-corrected chi connectivity index (χ3v) is 5.94. The predicted molar refractivity (Wildman–Crippen MR) is 93.1 cm³/mol. The van der Waals surface area contributed by atoms with E-state index in [2.05, 4.69) is 18.7 Å². The molecule has 2 N–H and O–H groups in total. The van der Waals surface area contributed by atoms with Crippen LogP contribution in [-0.4, -0.2) is 37.2 Å². The number of rotatable bonds is 4. The van der Waals surface area contributed by atoms with Crippen LogP contribution in [0.5, 0.6) is 5.75 Å². The van der Waals surface area contributed by atoms with Crippen LogP contribution in [0, 0.1) is 0 Å². The lowest BCUT2D eigenvalue weighted by atomic mass is 9.83. The molecular weight excluding hydrogens is 375 g/mol. The van der Waals surface area contributed by atoms with Gasteiger partial charge < -0.3 is 4.74 Å². The van der Waals surface area contributed by atoms with Gasteiger partial charge in [0.25, 0.3) is 0 Å². The molecule has 9 heteroatoms. The Morgan fingerprint density at radius 3 is 2.58 bits per heavy atom. The fourth-order valence-corrected chi connectivity index (χ4v) is 4.70. The summed E-state index contributed by atoms with van der Waals surface area (Å²) in [6.07, 6.45) is 2.16. The average Bonchev–Trinajstić information content (AvgIpc) is 3.03. The highest BCUT2D eigenvalue weighted by atomic mass is 35.5. The lowest BCUT2D eigenvalue weighted by molar-refractivity contribution is 0.0143. The minimum absolute atomic E-state index is 0.131. The monoisotopic (exact) mass is 394 g/mol. The van der Waals surface area contributed by atoms with E-state index in [-0.39, 0.29) is 18.2 Å². The third kappa shape index (κ3) is 3.25. The van der Waals surface area contributed by atoms with Gasteiger partial charge >= 0.3 is 10.3 Å². The van der Waals surface area contributed by atoms with E-state index < -0.39 is 10.3 Å². The van der Waals surface area contributed by atoms with Crippen LogP contribution in [0.2, 0.25) is 10.0 Å². The number of hydrogen-bond donors (Lipinski definition) is 2. The number of halogens is 2. The molecule has 1 saturated heterocycles. The zero-order valence-corrected chi connectivity index (χ0v) is 15.8. The van der Waals surface area contributed by atoms with Crippen molar-refractivity contribution >= 4 is 33.5 Å². The van der Waals surface area contributed by atoms with Gasteiger partial charge in [0.05, 0.1) is 10.0 Å². The van der Waals surface area contributed by atoms with Crippen molar-refractivity contribution in [2.24, 2.45) is 0 Å². The zero-order chi connectivity index (χ0) is 17.7. The van der Waals surface area contributed by atoms with E-state index in [1.165, 1.54) is 0 Å². The normalized spacial score (nSPS) is 23.3. The maximum absolute atomic E-state index is 10.9. The highest BCUT2D eigenvalue weighted by Crippen LogP contribution is 2.50. The summed E-state index contributed by atoms with van der Waals surface area (Å²) in [6.45, 7) is 5.88. The Hall–Kier alpha value is -0.570. The molecule has 1 aromatic carbocycles. The Morgan fingerprint density at radius 2 is 2.00 bits per heavy atom. The summed E-state index contributed by atoms with van der Waals surface area (Å²) in [4.78, 5) is 2.29. The van der Waals surface area contributed by atoms with Gasteiger partial charge in [-0.1, -0.05) is 37.0 Å². The van der Waals surface area contributed by atoms with Crippen molar-refractivity contribution in [3.05, 3.63) is 27.2 Å². The number of fused-ring (bicyclic) bond motifs is 1. The summed E-state index contributed by atoms with van der Waals surface area (Å²) in [7, 11) is -4.33. The van der Waals surface area contributed by atoms with E-state index in [4.69, 9.17) is 32.5 Å². The Balaban J connectivity index is 1.99. The minimum atomic E-state index is -4.33. The lowest BCUT2D eigenvalue weighted by Crippen LogP contribution is -2.46. The molecule has 0 amide bonds. The van der Waals surface area contributed by atoms with Crippen LogP contribution in [0.4, 0.5) is 0 Å². The topological polar surface area (TPSA) is 78.9 Å². The molecular formula is C15H20Cl2N2O4S. The summed E-state index contributed by atoms with van der Waals surface area (Å²) >= 11 is 12.8. The van der Waals surface area contributed by atoms with Crippen molar-refractivity contribution in [2.75, 3.05) is 13.1 Å². The molecule has 2 aliphatic rings. The SMILES string of the molecule is CC1(C)c2c(cc(Cl)c(CNS(=O)(=O)O)c2Cl)OC1N1CCCC1. The fraction of sp³-hybridized carbons (Fsp3) is 0.600. The standard InChI is InChI=1S/C15H20Cl2N2O4S/c1-15(2)12-11(23-14(15)19-5-3-4-6-19)7-10(16)9(13(12)17)8-18-24(20,21)22/h7,14,18H,3-6,8H2,1-2H3,(H,20,21,22). The Kier molecular flexibility index (Phi) is 4.79. The first-order chi connectivity index (χ1) is 11.1. The van der Waals surface area contributed by atoms with Gasteiger partial charge in [0.2, 0.25) is 0 Å². The quantitative estimate of drug-likeness (QED) is 0.767. The third-order valence-electron chi connectivity index (χ3n) is 4.68. The largest absolute Gasteiger partial charge is 0.474 e. The van der Waals surface area contributed by atoms with Crippen molar-refractivity contribution in [3.8, 4) is 5.75 Å². The first-order valence-corrected chi connectivity index (χ1v) is 9.95. The van der Waals surface area contributed by atoms with Crippen molar-refractivity contribution in [1.29, 1.82) is 0 Å². The number of nitrogens with zero attached hydrogens (tertiary/aromatic N) is 1. The predicted octanol–water partition coefficient (Wildman–Crippen LogP) is 2.98. The summed E-state index contributed by atoms with van der Waals surface area (Å²) in [5.41, 5.74) is 0.875. The van der Waals surface area contributed by atoms with Gasteiger partial charge in [0, 0.05) is 36.2 Å². The van der Waals surface area contributed by atoms with Gasteiger partial charge in [-0.2, -0.15) is 13.1 Å². The minimum Gasteiger partial charge on any atom is -0.474 e. The number of likely N-dealkylation sites (tertiary alicyclic amines) is 1. The van der Waals surface area contributed by atoms with Crippen molar-refractivity contribution in [2.45, 2.75) is 44.9 Å². The van der Waals surface area contributed by atoms with Crippen molar-refractivity contribution in [1.82, 2.24) is 9.62 Å². The van der Waals surface area contributed by atoms with Crippen LogP contribution in [-0.2, 0) is 22.3 Å². The molecule has 0 saturated carbocycles. The van der Waals surface area contributed by atoms with Gasteiger partial charge in [0.1, 0.15) is 5.75 Å². The molecule has 6 nitrogen and oxygen atoms in total.